The zero-order valence-corrected chi connectivity index (χ0v) is 16.4. The van der Waals surface area contributed by atoms with E-state index in [0.29, 0.717) is 25.2 Å². The Balaban J connectivity index is 1.73. The van der Waals surface area contributed by atoms with Crippen molar-refractivity contribution in [2.45, 2.75) is 26.4 Å². The van der Waals surface area contributed by atoms with E-state index in [9.17, 15) is 18.0 Å². The fourth-order valence-electron chi connectivity index (χ4n) is 3.24. The Hall–Kier alpha value is -2.98. The number of benzene rings is 2. The van der Waals surface area contributed by atoms with Gasteiger partial charge in [-0.3, -0.25) is 9.69 Å². The molecule has 1 aliphatic heterocycles. The summed E-state index contributed by atoms with van der Waals surface area (Å²) in [6.45, 7) is 3.29. The highest BCUT2D eigenvalue weighted by atomic mass is 19.4. The van der Waals surface area contributed by atoms with Crippen molar-refractivity contribution in [2.24, 2.45) is 0 Å². The molecule has 29 heavy (non-hydrogen) atoms. The van der Waals surface area contributed by atoms with Gasteiger partial charge in [0.2, 0.25) is 0 Å². The Kier molecular flexibility index (Phi) is 5.85. The number of carbonyl (C=O) groups is 1. The number of amides is 1. The summed E-state index contributed by atoms with van der Waals surface area (Å²) < 4.78 is 40.7. The topological polar surface area (TPSA) is 32.8 Å². The Morgan fingerprint density at radius 2 is 1.86 bits per heavy atom. The van der Waals surface area contributed by atoms with Crippen molar-refractivity contribution < 1.29 is 22.7 Å². The van der Waals surface area contributed by atoms with Crippen molar-refractivity contribution in [2.75, 3.05) is 20.6 Å². The number of alkyl halides is 3. The average molecular weight is 402 g/mol. The van der Waals surface area contributed by atoms with E-state index in [-0.39, 0.29) is 11.7 Å². The number of ether oxygens (including phenoxy) is 1. The number of halogens is 3. The predicted octanol–water partition coefficient (Wildman–Crippen LogP) is 3.96. The quantitative estimate of drug-likeness (QED) is 0.726. The number of fused-ring (bicyclic) bond motifs is 1. The van der Waals surface area contributed by atoms with E-state index in [2.05, 4.69) is 16.6 Å². The van der Waals surface area contributed by atoms with Gasteiger partial charge in [-0.2, -0.15) is 0 Å². The van der Waals surface area contributed by atoms with Gasteiger partial charge in [-0.05, 0) is 62.0 Å². The minimum atomic E-state index is -4.72. The Morgan fingerprint density at radius 3 is 2.48 bits per heavy atom. The fraction of sp³-hybridized carbons (Fsp3) is 0.318. The summed E-state index contributed by atoms with van der Waals surface area (Å²) >= 11 is 0. The lowest BCUT2D eigenvalue weighted by molar-refractivity contribution is -0.274. The first-order valence-electron chi connectivity index (χ1n) is 9.03. The van der Waals surface area contributed by atoms with Gasteiger partial charge in [0, 0.05) is 24.2 Å². The predicted molar refractivity (Wildman–Crippen MR) is 103 cm³/mol. The van der Waals surface area contributed by atoms with Crippen LogP contribution in [0.3, 0.4) is 0 Å². The molecule has 0 unspecified atom stereocenters. The highest BCUT2D eigenvalue weighted by Gasteiger charge is 2.31. The van der Waals surface area contributed by atoms with Crippen molar-refractivity contribution in [3.05, 3.63) is 64.2 Å². The lowest BCUT2D eigenvalue weighted by atomic mass is 10.0. The first-order chi connectivity index (χ1) is 13.6. The summed E-state index contributed by atoms with van der Waals surface area (Å²) in [6.07, 6.45) is -4.72. The average Bonchev–Trinajstić information content (AvgIpc) is 2.91. The molecule has 152 valence electrons. The van der Waals surface area contributed by atoms with Crippen LogP contribution in [0.25, 0.3) is 0 Å². The molecule has 1 aliphatic rings. The van der Waals surface area contributed by atoms with Gasteiger partial charge in [-0.25, -0.2) is 0 Å². The normalized spacial score (nSPS) is 13.3. The summed E-state index contributed by atoms with van der Waals surface area (Å²) in [7, 11) is 3.89. The second kappa shape index (κ2) is 8.18. The molecule has 1 heterocycles. The number of aryl methyl sites for hydroxylation is 1. The van der Waals surface area contributed by atoms with Gasteiger partial charge in [0.1, 0.15) is 5.75 Å². The molecule has 4 nitrogen and oxygen atoms in total. The smallest absolute Gasteiger partial charge is 0.406 e. The highest BCUT2D eigenvalue weighted by Crippen LogP contribution is 2.29. The largest absolute Gasteiger partial charge is 0.573 e. The van der Waals surface area contributed by atoms with E-state index in [1.165, 1.54) is 24.3 Å². The van der Waals surface area contributed by atoms with Crippen LogP contribution in [0.2, 0.25) is 0 Å². The molecule has 1 amide bonds. The third-order valence-corrected chi connectivity index (χ3v) is 4.44. The zero-order valence-electron chi connectivity index (χ0n) is 16.4. The minimum absolute atomic E-state index is 0.0825. The number of hydrogen-bond donors (Lipinski definition) is 0. The van der Waals surface area contributed by atoms with E-state index in [0.717, 1.165) is 22.3 Å². The molecule has 2 aromatic rings. The van der Waals surface area contributed by atoms with Gasteiger partial charge in [0.05, 0.1) is 6.54 Å². The van der Waals surface area contributed by atoms with E-state index in [1.54, 1.807) is 4.90 Å². The van der Waals surface area contributed by atoms with Gasteiger partial charge in [0.15, 0.2) is 0 Å². The maximum absolute atomic E-state index is 12.8. The molecule has 0 bridgehead atoms. The molecule has 0 saturated heterocycles. The van der Waals surface area contributed by atoms with Crippen LogP contribution >= 0.6 is 0 Å². The highest BCUT2D eigenvalue weighted by molar-refractivity contribution is 5.99. The van der Waals surface area contributed by atoms with Crippen molar-refractivity contribution in [1.82, 2.24) is 9.80 Å². The Labute approximate surface area is 167 Å². The van der Waals surface area contributed by atoms with E-state index in [4.69, 9.17) is 0 Å². The van der Waals surface area contributed by atoms with E-state index >= 15 is 0 Å². The van der Waals surface area contributed by atoms with Crippen LogP contribution in [0.15, 0.2) is 36.4 Å². The van der Waals surface area contributed by atoms with Crippen molar-refractivity contribution >= 4 is 5.91 Å². The maximum atomic E-state index is 12.8. The summed E-state index contributed by atoms with van der Waals surface area (Å²) in [5.41, 5.74) is 4.06. The second-order valence-corrected chi connectivity index (χ2v) is 7.22. The van der Waals surface area contributed by atoms with Crippen LogP contribution in [0, 0.1) is 18.8 Å². The van der Waals surface area contributed by atoms with Gasteiger partial charge in [-0.1, -0.05) is 24.0 Å². The molecular weight excluding hydrogens is 381 g/mol. The van der Waals surface area contributed by atoms with E-state index < -0.39 is 6.36 Å². The van der Waals surface area contributed by atoms with Gasteiger partial charge in [0.25, 0.3) is 5.91 Å². The summed E-state index contributed by atoms with van der Waals surface area (Å²) in [4.78, 5) is 16.5. The number of rotatable bonds is 4. The van der Waals surface area contributed by atoms with Crippen molar-refractivity contribution in [3.63, 3.8) is 0 Å². The van der Waals surface area contributed by atoms with Crippen LogP contribution in [-0.2, 0) is 13.1 Å². The number of hydrogen-bond acceptors (Lipinski definition) is 3. The first kappa shape index (κ1) is 20.7. The Morgan fingerprint density at radius 1 is 1.17 bits per heavy atom. The van der Waals surface area contributed by atoms with Crippen LogP contribution < -0.4 is 4.74 Å². The van der Waals surface area contributed by atoms with Crippen LogP contribution in [-0.4, -0.2) is 42.7 Å². The molecule has 7 heteroatoms. The molecule has 2 aromatic carbocycles. The van der Waals surface area contributed by atoms with Crippen molar-refractivity contribution in [1.29, 1.82) is 0 Å². The molecule has 3 rings (SSSR count). The van der Waals surface area contributed by atoms with Gasteiger partial charge >= 0.3 is 6.36 Å². The summed E-state index contributed by atoms with van der Waals surface area (Å²) in [5.74, 6) is 5.85. The zero-order chi connectivity index (χ0) is 21.2. The molecule has 0 aliphatic carbocycles. The molecule has 0 saturated carbocycles. The fourth-order valence-corrected chi connectivity index (χ4v) is 3.24. The molecular formula is C22H21F3N2O2. The monoisotopic (exact) mass is 402 g/mol. The van der Waals surface area contributed by atoms with E-state index in [1.807, 2.05) is 38.1 Å². The molecule has 0 atom stereocenters. The third kappa shape index (κ3) is 5.30. The minimum Gasteiger partial charge on any atom is -0.406 e. The molecule has 0 fully saturated rings. The van der Waals surface area contributed by atoms with Crippen LogP contribution in [0.1, 0.15) is 32.6 Å². The summed E-state index contributed by atoms with van der Waals surface area (Å²) in [6, 6.07) is 9.40. The lowest BCUT2D eigenvalue weighted by Crippen LogP contribution is -2.23. The molecule has 0 radical (unpaired) electrons. The SMILES string of the molecule is Cc1cc(C#CCN(C)C)cc2c1C(=O)N(Cc1ccc(OC(F)(F)F)cc1)C2. The first-order valence-corrected chi connectivity index (χ1v) is 9.03. The molecule has 0 N–H and O–H groups in total. The maximum Gasteiger partial charge on any atom is 0.573 e. The van der Waals surface area contributed by atoms with Crippen LogP contribution in [0.4, 0.5) is 13.2 Å². The number of carbonyl (C=O) groups excluding carboxylic acids is 1. The molecule has 0 aromatic heterocycles. The van der Waals surface area contributed by atoms with Crippen molar-refractivity contribution in [3.8, 4) is 17.6 Å². The third-order valence-electron chi connectivity index (χ3n) is 4.44. The van der Waals surface area contributed by atoms with Crippen LogP contribution in [0.5, 0.6) is 5.75 Å². The second-order valence-electron chi connectivity index (χ2n) is 7.22. The van der Waals surface area contributed by atoms with Gasteiger partial charge < -0.3 is 9.64 Å². The Bertz CT molecular complexity index is 971. The lowest BCUT2D eigenvalue weighted by Gasteiger charge is -2.16. The van der Waals surface area contributed by atoms with Gasteiger partial charge in [-0.15, -0.1) is 13.2 Å². The number of nitrogens with zero attached hydrogens (tertiary/aromatic N) is 2. The summed E-state index contributed by atoms with van der Waals surface area (Å²) in [5, 5.41) is 0. The molecule has 0 spiro atoms. The standard InChI is InChI=1S/C22H21F3N2O2/c1-15-11-17(5-4-10-26(2)3)12-18-14-27(21(28)20(15)18)13-16-6-8-19(9-7-16)29-22(23,24)25/h6-9,11-12H,10,13-14H2,1-3H3.